The maximum atomic E-state index is 10.9. The smallest absolute Gasteiger partial charge is 0.309 e. The van der Waals surface area contributed by atoms with Crippen LogP contribution in [0.3, 0.4) is 0 Å². The molecule has 0 spiro atoms. The van der Waals surface area contributed by atoms with Gasteiger partial charge in [-0.05, 0) is 19.3 Å². The molecule has 1 N–H and O–H groups in total. The molecule has 0 unspecified atom stereocenters. The van der Waals surface area contributed by atoms with Crippen LogP contribution in [0.4, 0.5) is 0 Å². The molecule has 0 aromatic heterocycles. The van der Waals surface area contributed by atoms with Crippen molar-refractivity contribution in [2.45, 2.75) is 39.5 Å². The number of hydrogen-bond acceptors (Lipinski definition) is 2. The van der Waals surface area contributed by atoms with Crippen LogP contribution in [0.1, 0.15) is 39.5 Å². The summed E-state index contributed by atoms with van der Waals surface area (Å²) in [5.74, 6) is -0.775. The quantitative estimate of drug-likeness (QED) is 0.686. The second-order valence-electron chi connectivity index (χ2n) is 2.95. The molecule has 0 atom stereocenters. The predicted molar refractivity (Wildman–Crippen MR) is 45.5 cm³/mol. The average Bonchev–Trinajstić information content (AvgIpc) is 2.07. The van der Waals surface area contributed by atoms with Gasteiger partial charge in [-0.1, -0.05) is 13.8 Å². The van der Waals surface area contributed by atoms with Gasteiger partial charge in [0.05, 0.1) is 11.5 Å². The van der Waals surface area contributed by atoms with Crippen molar-refractivity contribution in [3.63, 3.8) is 0 Å². The highest BCUT2D eigenvalue weighted by molar-refractivity contribution is 5.74. The Morgan fingerprint density at radius 3 is 2.25 bits per heavy atom. The first-order valence-corrected chi connectivity index (χ1v) is 4.23. The molecule has 0 aliphatic rings. The number of carboxylic acids is 1. The van der Waals surface area contributed by atoms with Crippen LogP contribution in [0.15, 0.2) is 0 Å². The third kappa shape index (κ3) is 2.23. The number of carbonyl (C=O) groups is 1. The lowest BCUT2D eigenvalue weighted by molar-refractivity contribution is -0.149. The van der Waals surface area contributed by atoms with E-state index in [1.165, 1.54) is 0 Å². The van der Waals surface area contributed by atoms with E-state index in [1.54, 1.807) is 0 Å². The second-order valence-corrected chi connectivity index (χ2v) is 2.95. The molecule has 0 saturated heterocycles. The molecule has 0 aromatic rings. The molecule has 12 heavy (non-hydrogen) atoms. The Morgan fingerprint density at radius 2 is 2.00 bits per heavy atom. The van der Waals surface area contributed by atoms with Gasteiger partial charge in [-0.25, -0.2) is 0 Å². The summed E-state index contributed by atoms with van der Waals surface area (Å²) in [5, 5.41) is 17.3. The molecule has 0 heterocycles. The van der Waals surface area contributed by atoms with Crippen LogP contribution in [-0.2, 0) is 4.79 Å². The van der Waals surface area contributed by atoms with E-state index in [-0.39, 0.29) is 0 Å². The third-order valence-electron chi connectivity index (χ3n) is 2.52. The number of rotatable bonds is 5. The van der Waals surface area contributed by atoms with Gasteiger partial charge in [-0.2, -0.15) is 5.26 Å². The van der Waals surface area contributed by atoms with E-state index in [4.69, 9.17) is 10.4 Å². The Kier molecular flexibility index (Phi) is 4.35. The van der Waals surface area contributed by atoms with Gasteiger partial charge in [-0.15, -0.1) is 0 Å². The summed E-state index contributed by atoms with van der Waals surface area (Å²) in [5.41, 5.74) is -0.671. The van der Waals surface area contributed by atoms with Gasteiger partial charge >= 0.3 is 5.97 Å². The first-order valence-electron chi connectivity index (χ1n) is 4.23. The fourth-order valence-electron chi connectivity index (χ4n) is 1.31. The molecule has 3 heteroatoms. The SMILES string of the molecule is CCC(CC)(CCC#N)C(=O)O. The summed E-state index contributed by atoms with van der Waals surface area (Å²) < 4.78 is 0. The highest BCUT2D eigenvalue weighted by Crippen LogP contribution is 2.31. The third-order valence-corrected chi connectivity index (χ3v) is 2.52. The number of nitrogens with zero attached hydrogens (tertiary/aromatic N) is 1. The van der Waals surface area contributed by atoms with Gasteiger partial charge in [0, 0.05) is 6.42 Å². The number of nitriles is 1. The molecule has 68 valence electrons. The largest absolute Gasteiger partial charge is 0.481 e. The second kappa shape index (κ2) is 4.76. The van der Waals surface area contributed by atoms with Crippen LogP contribution in [0, 0.1) is 16.7 Å². The Bertz CT molecular complexity index is 189. The fraction of sp³-hybridized carbons (Fsp3) is 0.778. The molecule has 0 aliphatic heterocycles. The van der Waals surface area contributed by atoms with Crippen LogP contribution in [0.25, 0.3) is 0 Å². The van der Waals surface area contributed by atoms with Crippen LogP contribution < -0.4 is 0 Å². The van der Waals surface area contributed by atoms with Crippen molar-refractivity contribution in [2.75, 3.05) is 0 Å². The van der Waals surface area contributed by atoms with Crippen molar-refractivity contribution < 1.29 is 9.90 Å². The van der Waals surface area contributed by atoms with Crippen LogP contribution in [0.2, 0.25) is 0 Å². The number of hydrogen-bond donors (Lipinski definition) is 1. The van der Waals surface area contributed by atoms with Gasteiger partial charge < -0.3 is 5.11 Å². The Hall–Kier alpha value is -1.04. The summed E-state index contributed by atoms with van der Waals surface area (Å²) in [6.45, 7) is 3.71. The molecule has 0 aliphatic carbocycles. The molecule has 0 amide bonds. The number of aliphatic carboxylic acids is 1. The molecular weight excluding hydrogens is 154 g/mol. The summed E-state index contributed by atoms with van der Waals surface area (Å²) in [7, 11) is 0. The van der Waals surface area contributed by atoms with Crippen molar-refractivity contribution >= 4 is 5.97 Å². The normalized spacial score (nSPS) is 10.8. The van der Waals surface area contributed by atoms with Crippen LogP contribution in [-0.4, -0.2) is 11.1 Å². The van der Waals surface area contributed by atoms with E-state index in [1.807, 2.05) is 19.9 Å². The Labute approximate surface area is 73.0 Å². The Balaban J connectivity index is 4.38. The minimum absolute atomic E-state index is 0.327. The van der Waals surface area contributed by atoms with E-state index >= 15 is 0 Å². The number of carboxylic acid groups (broad SMARTS) is 1. The lowest BCUT2D eigenvalue weighted by Crippen LogP contribution is -2.29. The van der Waals surface area contributed by atoms with Gasteiger partial charge in [0.25, 0.3) is 0 Å². The molecule has 0 saturated carbocycles. The molecule has 0 radical (unpaired) electrons. The minimum Gasteiger partial charge on any atom is -0.481 e. The molecule has 0 fully saturated rings. The van der Waals surface area contributed by atoms with Gasteiger partial charge in [0.1, 0.15) is 0 Å². The van der Waals surface area contributed by atoms with E-state index in [0.717, 1.165) is 0 Å². The standard InChI is InChI=1S/C9H15NO2/c1-3-9(4-2,8(11)12)6-5-7-10/h3-6H2,1-2H3,(H,11,12). The summed E-state index contributed by atoms with van der Waals surface area (Å²) in [4.78, 5) is 10.9. The lowest BCUT2D eigenvalue weighted by Gasteiger charge is -2.25. The predicted octanol–water partition coefficient (Wildman–Crippen LogP) is 2.18. The lowest BCUT2D eigenvalue weighted by atomic mass is 9.78. The fourth-order valence-corrected chi connectivity index (χ4v) is 1.31. The van der Waals surface area contributed by atoms with Gasteiger partial charge in [0.2, 0.25) is 0 Å². The monoisotopic (exact) mass is 169 g/mol. The highest BCUT2D eigenvalue weighted by Gasteiger charge is 2.33. The molecule has 0 bridgehead atoms. The summed E-state index contributed by atoms with van der Waals surface area (Å²) in [6, 6.07) is 1.98. The average molecular weight is 169 g/mol. The van der Waals surface area contributed by atoms with E-state index in [9.17, 15) is 4.79 Å². The van der Waals surface area contributed by atoms with Crippen molar-refractivity contribution in [3.8, 4) is 6.07 Å². The van der Waals surface area contributed by atoms with Gasteiger partial charge in [-0.3, -0.25) is 4.79 Å². The molecule has 3 nitrogen and oxygen atoms in total. The first-order chi connectivity index (χ1) is 5.63. The molecule has 0 aromatic carbocycles. The summed E-state index contributed by atoms with van der Waals surface area (Å²) >= 11 is 0. The van der Waals surface area contributed by atoms with Crippen molar-refractivity contribution in [3.05, 3.63) is 0 Å². The van der Waals surface area contributed by atoms with Crippen molar-refractivity contribution in [2.24, 2.45) is 5.41 Å². The first kappa shape index (κ1) is 11.0. The van der Waals surface area contributed by atoms with E-state index < -0.39 is 11.4 Å². The van der Waals surface area contributed by atoms with Crippen molar-refractivity contribution in [1.82, 2.24) is 0 Å². The molecular formula is C9H15NO2. The zero-order valence-electron chi connectivity index (χ0n) is 7.63. The molecule has 0 rings (SSSR count). The maximum absolute atomic E-state index is 10.9. The van der Waals surface area contributed by atoms with Crippen molar-refractivity contribution in [1.29, 1.82) is 5.26 Å². The summed E-state index contributed by atoms with van der Waals surface area (Å²) in [6.07, 6.45) is 1.99. The van der Waals surface area contributed by atoms with Crippen LogP contribution in [0.5, 0.6) is 0 Å². The Morgan fingerprint density at radius 1 is 1.50 bits per heavy atom. The minimum atomic E-state index is -0.775. The topological polar surface area (TPSA) is 61.1 Å². The van der Waals surface area contributed by atoms with E-state index in [2.05, 4.69) is 0 Å². The van der Waals surface area contributed by atoms with Gasteiger partial charge in [0.15, 0.2) is 0 Å². The maximum Gasteiger partial charge on any atom is 0.309 e. The van der Waals surface area contributed by atoms with Crippen LogP contribution >= 0.6 is 0 Å². The highest BCUT2D eigenvalue weighted by atomic mass is 16.4. The zero-order valence-corrected chi connectivity index (χ0v) is 7.63. The van der Waals surface area contributed by atoms with E-state index in [0.29, 0.717) is 25.7 Å². The zero-order chi connectivity index (χ0) is 9.61.